The number of rotatable bonds is 6. The molecule has 0 N–H and O–H groups in total. The van der Waals surface area contributed by atoms with Gasteiger partial charge in [-0.2, -0.15) is 12.9 Å². The van der Waals surface area contributed by atoms with Crippen LogP contribution in [0.3, 0.4) is 0 Å². The molecular formula is C31H39N3O6S3. The number of aryl methyl sites for hydroxylation is 3. The van der Waals surface area contributed by atoms with Gasteiger partial charge < -0.3 is 0 Å². The molecule has 4 rings (SSSR count). The smallest absolute Gasteiger partial charge is 0.207 e. The van der Waals surface area contributed by atoms with Crippen molar-refractivity contribution in [2.45, 2.75) is 48.3 Å². The van der Waals surface area contributed by atoms with Gasteiger partial charge in [-0.15, -0.1) is 0 Å². The molecular weight excluding hydrogens is 607 g/mol. The van der Waals surface area contributed by atoms with Crippen LogP contribution >= 0.6 is 0 Å². The lowest BCUT2D eigenvalue weighted by molar-refractivity contribution is 0.333. The van der Waals surface area contributed by atoms with Gasteiger partial charge in [-0.1, -0.05) is 59.7 Å². The zero-order valence-electron chi connectivity index (χ0n) is 24.8. The molecule has 0 spiro atoms. The van der Waals surface area contributed by atoms with Gasteiger partial charge >= 0.3 is 0 Å². The molecule has 0 radical (unpaired) electrons. The first kappa shape index (κ1) is 33.0. The second-order valence-corrected chi connectivity index (χ2v) is 16.8. The van der Waals surface area contributed by atoms with E-state index in [9.17, 15) is 25.3 Å². The van der Waals surface area contributed by atoms with Crippen molar-refractivity contribution in [3.05, 3.63) is 102 Å². The molecule has 0 saturated carbocycles. The lowest BCUT2D eigenvalue weighted by atomic mass is 10.2. The lowest BCUT2D eigenvalue weighted by Crippen LogP contribution is -2.42. The summed E-state index contributed by atoms with van der Waals surface area (Å²) < 4.78 is 86.2. The van der Waals surface area contributed by atoms with Crippen LogP contribution in [0, 0.1) is 20.8 Å². The molecule has 0 unspecified atom stereocenters. The summed E-state index contributed by atoms with van der Waals surface area (Å²) >= 11 is 0. The summed E-state index contributed by atoms with van der Waals surface area (Å²) in [5, 5.41) is 0. The van der Waals surface area contributed by atoms with Gasteiger partial charge in [0.1, 0.15) is 0 Å². The van der Waals surface area contributed by atoms with E-state index < -0.39 is 30.1 Å². The van der Waals surface area contributed by atoms with E-state index in [4.69, 9.17) is 0 Å². The van der Waals surface area contributed by atoms with Crippen LogP contribution in [0.2, 0.25) is 0 Å². The minimum Gasteiger partial charge on any atom is -0.207 e. The third-order valence-electron chi connectivity index (χ3n) is 7.41. The highest BCUT2D eigenvalue weighted by Crippen LogP contribution is 2.24. The van der Waals surface area contributed by atoms with Crippen LogP contribution in [0.25, 0.3) is 0 Å². The van der Waals surface area contributed by atoms with E-state index in [0.717, 1.165) is 16.7 Å². The average Bonchev–Trinajstić information content (AvgIpc) is 2.95. The molecule has 3 aromatic carbocycles. The predicted octanol–water partition coefficient (Wildman–Crippen LogP) is 4.33. The highest BCUT2D eigenvalue weighted by atomic mass is 32.2. The highest BCUT2D eigenvalue weighted by Gasteiger charge is 2.31. The van der Waals surface area contributed by atoms with E-state index in [2.05, 4.69) is 6.58 Å². The Morgan fingerprint density at radius 1 is 0.465 bits per heavy atom. The standard InChI is InChI=1S/C31H39N3O6S3/c1-25-7-13-29(14-8-25)41(35,36)32-19-5-21-33(42(37,38)30-15-9-26(2)10-16-30)23-28(4)24-34(22-6-20-32)43(39,40)31-17-11-27(3)12-18-31/h7-18H,4-6,19-24H2,1-3H3. The van der Waals surface area contributed by atoms with Gasteiger partial charge in [-0.25, -0.2) is 25.3 Å². The monoisotopic (exact) mass is 645 g/mol. The molecule has 1 heterocycles. The Kier molecular flexibility index (Phi) is 10.3. The van der Waals surface area contributed by atoms with Crippen LogP contribution in [-0.4, -0.2) is 77.4 Å². The summed E-state index contributed by atoms with van der Waals surface area (Å²) in [6.45, 7) is 9.62. The van der Waals surface area contributed by atoms with Crippen molar-refractivity contribution in [3.63, 3.8) is 0 Å². The molecule has 0 aromatic heterocycles. The molecule has 43 heavy (non-hydrogen) atoms. The molecule has 0 amide bonds. The second-order valence-electron chi connectivity index (χ2n) is 11.0. The summed E-state index contributed by atoms with van der Waals surface area (Å²) in [5.41, 5.74) is 3.15. The topological polar surface area (TPSA) is 112 Å². The Morgan fingerprint density at radius 3 is 1.02 bits per heavy atom. The van der Waals surface area contributed by atoms with Gasteiger partial charge in [0.15, 0.2) is 0 Å². The zero-order chi connectivity index (χ0) is 31.4. The van der Waals surface area contributed by atoms with Crippen molar-refractivity contribution in [1.82, 2.24) is 12.9 Å². The van der Waals surface area contributed by atoms with E-state index in [1.54, 1.807) is 48.5 Å². The molecule has 1 saturated heterocycles. The molecule has 0 atom stereocenters. The Balaban J connectivity index is 1.71. The summed E-state index contributed by atoms with van der Waals surface area (Å²) in [5.74, 6) is 0. The van der Waals surface area contributed by atoms with Crippen molar-refractivity contribution in [1.29, 1.82) is 0 Å². The second kappa shape index (κ2) is 13.4. The van der Waals surface area contributed by atoms with E-state index in [0.29, 0.717) is 5.57 Å². The van der Waals surface area contributed by atoms with Crippen LogP contribution in [0.4, 0.5) is 0 Å². The fraction of sp³-hybridized carbons (Fsp3) is 0.355. The van der Waals surface area contributed by atoms with Crippen molar-refractivity contribution in [2.24, 2.45) is 0 Å². The third-order valence-corrected chi connectivity index (χ3v) is 13.0. The van der Waals surface area contributed by atoms with Gasteiger partial charge in [0, 0.05) is 39.3 Å². The van der Waals surface area contributed by atoms with Gasteiger partial charge in [0.05, 0.1) is 14.7 Å². The van der Waals surface area contributed by atoms with Crippen LogP contribution in [0.1, 0.15) is 29.5 Å². The van der Waals surface area contributed by atoms with Gasteiger partial charge in [0.25, 0.3) is 0 Å². The predicted molar refractivity (Wildman–Crippen MR) is 168 cm³/mol. The van der Waals surface area contributed by atoms with E-state index >= 15 is 0 Å². The van der Waals surface area contributed by atoms with Gasteiger partial charge in [-0.05, 0) is 75.6 Å². The molecule has 0 bridgehead atoms. The molecule has 0 aliphatic carbocycles. The Bertz CT molecular complexity index is 1660. The van der Waals surface area contributed by atoms with E-state index in [-0.39, 0.29) is 66.8 Å². The summed E-state index contributed by atoms with van der Waals surface area (Å²) in [7, 11) is -11.9. The first-order chi connectivity index (χ1) is 20.2. The number of hydrogen-bond donors (Lipinski definition) is 0. The number of nitrogens with zero attached hydrogens (tertiary/aromatic N) is 3. The van der Waals surface area contributed by atoms with Crippen molar-refractivity contribution in [3.8, 4) is 0 Å². The zero-order valence-corrected chi connectivity index (χ0v) is 27.3. The molecule has 1 aliphatic heterocycles. The quantitative estimate of drug-likeness (QED) is 0.369. The summed E-state index contributed by atoms with van der Waals surface area (Å²) in [6, 6.07) is 19.5. The minimum atomic E-state index is -3.98. The maximum atomic E-state index is 13.7. The van der Waals surface area contributed by atoms with Crippen LogP contribution in [0.15, 0.2) is 99.6 Å². The Hall–Kier alpha value is -2.87. The molecule has 9 nitrogen and oxygen atoms in total. The third kappa shape index (κ3) is 7.81. The maximum absolute atomic E-state index is 13.7. The number of hydrogen-bond acceptors (Lipinski definition) is 6. The average molecular weight is 646 g/mol. The molecule has 12 heteroatoms. The first-order valence-corrected chi connectivity index (χ1v) is 18.4. The molecule has 1 aliphatic rings. The largest absolute Gasteiger partial charge is 0.243 e. The van der Waals surface area contributed by atoms with Gasteiger partial charge in [-0.3, -0.25) is 0 Å². The minimum absolute atomic E-state index is 0.0276. The molecule has 232 valence electrons. The van der Waals surface area contributed by atoms with E-state index in [1.165, 1.54) is 37.2 Å². The van der Waals surface area contributed by atoms with Crippen molar-refractivity contribution >= 4 is 30.1 Å². The molecule has 3 aromatic rings. The SMILES string of the molecule is C=C1CN(S(=O)(=O)c2ccc(C)cc2)CCCN(S(=O)(=O)c2ccc(C)cc2)CCCN(S(=O)(=O)c2ccc(C)cc2)C1. The van der Waals surface area contributed by atoms with Crippen LogP contribution in [-0.2, 0) is 30.1 Å². The van der Waals surface area contributed by atoms with Crippen molar-refractivity contribution in [2.75, 3.05) is 39.3 Å². The molecule has 1 fully saturated rings. The lowest BCUT2D eigenvalue weighted by Gasteiger charge is -2.30. The fourth-order valence-electron chi connectivity index (χ4n) is 4.89. The first-order valence-electron chi connectivity index (χ1n) is 14.1. The number of sulfonamides is 3. The normalized spacial score (nSPS) is 17.7. The highest BCUT2D eigenvalue weighted by molar-refractivity contribution is 7.89. The summed E-state index contributed by atoms with van der Waals surface area (Å²) in [6.07, 6.45) is 0.490. The van der Waals surface area contributed by atoms with E-state index in [1.807, 2.05) is 20.8 Å². The van der Waals surface area contributed by atoms with Crippen molar-refractivity contribution < 1.29 is 25.3 Å². The Morgan fingerprint density at radius 2 is 0.721 bits per heavy atom. The fourth-order valence-corrected chi connectivity index (χ4v) is 9.41. The van der Waals surface area contributed by atoms with Gasteiger partial charge in [0.2, 0.25) is 30.1 Å². The maximum Gasteiger partial charge on any atom is 0.243 e. The van der Waals surface area contributed by atoms with Crippen LogP contribution < -0.4 is 0 Å². The summed E-state index contributed by atoms with van der Waals surface area (Å²) in [4.78, 5) is 0.337. The number of benzene rings is 3. The Labute approximate surface area is 256 Å². The van der Waals surface area contributed by atoms with Crippen LogP contribution in [0.5, 0.6) is 0 Å².